The van der Waals surface area contributed by atoms with Gasteiger partial charge in [0.2, 0.25) is 5.78 Å². The molecule has 1 aromatic heterocycles. The lowest BCUT2D eigenvalue weighted by Gasteiger charge is -1.99. The SMILES string of the molecule is Cc1ccc(CC(=O)c2ccc(Cl)o2)cc1. The third kappa shape index (κ3) is 2.52. The molecule has 0 saturated heterocycles. The molecule has 0 N–H and O–H groups in total. The van der Waals surface area contributed by atoms with Gasteiger partial charge in [0.15, 0.2) is 11.0 Å². The summed E-state index contributed by atoms with van der Waals surface area (Å²) in [5.74, 6) is 0.251. The van der Waals surface area contributed by atoms with Crippen LogP contribution in [0.1, 0.15) is 21.7 Å². The van der Waals surface area contributed by atoms with Crippen molar-refractivity contribution in [2.75, 3.05) is 0 Å². The van der Waals surface area contributed by atoms with E-state index in [4.69, 9.17) is 16.0 Å². The van der Waals surface area contributed by atoms with Crippen molar-refractivity contribution in [1.82, 2.24) is 0 Å². The first-order chi connectivity index (χ1) is 7.65. The van der Waals surface area contributed by atoms with Gasteiger partial charge in [0, 0.05) is 6.42 Å². The van der Waals surface area contributed by atoms with Crippen LogP contribution in [-0.2, 0) is 6.42 Å². The maximum absolute atomic E-state index is 11.8. The zero-order chi connectivity index (χ0) is 11.5. The van der Waals surface area contributed by atoms with Gasteiger partial charge in [0.25, 0.3) is 0 Å². The highest BCUT2D eigenvalue weighted by Gasteiger charge is 2.11. The van der Waals surface area contributed by atoms with Crippen LogP contribution in [0.3, 0.4) is 0 Å². The van der Waals surface area contributed by atoms with Gasteiger partial charge in [-0.15, -0.1) is 0 Å². The summed E-state index contributed by atoms with van der Waals surface area (Å²) < 4.78 is 5.06. The molecule has 0 saturated carbocycles. The molecule has 0 atom stereocenters. The first-order valence-corrected chi connectivity index (χ1v) is 5.37. The van der Waals surface area contributed by atoms with E-state index < -0.39 is 0 Å². The second kappa shape index (κ2) is 4.54. The van der Waals surface area contributed by atoms with Crippen molar-refractivity contribution in [2.24, 2.45) is 0 Å². The summed E-state index contributed by atoms with van der Waals surface area (Å²) in [6, 6.07) is 11.0. The Labute approximate surface area is 98.8 Å². The number of hydrogen-bond donors (Lipinski definition) is 0. The van der Waals surface area contributed by atoms with Crippen LogP contribution in [-0.4, -0.2) is 5.78 Å². The first kappa shape index (κ1) is 11.0. The van der Waals surface area contributed by atoms with E-state index in [1.165, 1.54) is 5.56 Å². The Bertz CT molecular complexity index is 497. The molecule has 1 heterocycles. The van der Waals surface area contributed by atoms with Crippen molar-refractivity contribution in [3.05, 3.63) is 58.5 Å². The number of carbonyl (C=O) groups is 1. The zero-order valence-electron chi connectivity index (χ0n) is 8.87. The van der Waals surface area contributed by atoms with Crippen LogP contribution in [0.15, 0.2) is 40.8 Å². The van der Waals surface area contributed by atoms with Gasteiger partial charge in [0.1, 0.15) is 0 Å². The minimum Gasteiger partial charge on any atom is -0.442 e. The fraction of sp³-hybridized carbons (Fsp3) is 0.154. The third-order valence-corrected chi connectivity index (χ3v) is 2.54. The lowest BCUT2D eigenvalue weighted by molar-refractivity contribution is 0.0966. The topological polar surface area (TPSA) is 30.2 Å². The highest BCUT2D eigenvalue weighted by molar-refractivity contribution is 6.29. The standard InChI is InChI=1S/C13H11ClO2/c1-9-2-4-10(5-3-9)8-11(15)12-6-7-13(14)16-12/h2-7H,8H2,1H3. The van der Waals surface area contributed by atoms with E-state index in [-0.39, 0.29) is 11.0 Å². The maximum Gasteiger partial charge on any atom is 0.202 e. The zero-order valence-corrected chi connectivity index (χ0v) is 9.62. The minimum absolute atomic E-state index is 0.0595. The van der Waals surface area contributed by atoms with Crippen molar-refractivity contribution in [2.45, 2.75) is 13.3 Å². The number of aryl methyl sites for hydroxylation is 1. The van der Waals surface area contributed by atoms with Crippen LogP contribution in [0.25, 0.3) is 0 Å². The lowest BCUT2D eigenvalue weighted by atomic mass is 10.1. The maximum atomic E-state index is 11.8. The quantitative estimate of drug-likeness (QED) is 0.759. The Morgan fingerprint density at radius 2 is 1.88 bits per heavy atom. The highest BCUT2D eigenvalue weighted by Crippen LogP contribution is 2.15. The number of rotatable bonds is 3. The molecule has 2 nitrogen and oxygen atoms in total. The van der Waals surface area contributed by atoms with E-state index in [0.717, 1.165) is 5.56 Å². The molecule has 1 aromatic carbocycles. The number of Topliss-reactive ketones (excluding diaryl/α,β-unsaturated/α-hetero) is 1. The Morgan fingerprint density at radius 1 is 1.19 bits per heavy atom. The second-order valence-electron chi connectivity index (χ2n) is 3.69. The van der Waals surface area contributed by atoms with Crippen molar-refractivity contribution in [3.8, 4) is 0 Å². The van der Waals surface area contributed by atoms with Crippen LogP contribution < -0.4 is 0 Å². The van der Waals surface area contributed by atoms with E-state index in [1.807, 2.05) is 31.2 Å². The molecular formula is C13H11ClO2. The predicted molar refractivity (Wildman–Crippen MR) is 62.9 cm³/mol. The Balaban J connectivity index is 2.10. The molecule has 2 rings (SSSR count). The van der Waals surface area contributed by atoms with Gasteiger partial charge in [-0.1, -0.05) is 29.8 Å². The minimum atomic E-state index is -0.0595. The molecule has 16 heavy (non-hydrogen) atoms. The monoisotopic (exact) mass is 234 g/mol. The fourth-order valence-electron chi connectivity index (χ4n) is 1.44. The molecule has 0 aliphatic rings. The Morgan fingerprint density at radius 3 is 2.44 bits per heavy atom. The van der Waals surface area contributed by atoms with E-state index >= 15 is 0 Å². The highest BCUT2D eigenvalue weighted by atomic mass is 35.5. The third-order valence-electron chi connectivity index (χ3n) is 2.33. The molecule has 0 bridgehead atoms. The van der Waals surface area contributed by atoms with Gasteiger partial charge in [-0.05, 0) is 36.2 Å². The molecule has 0 fully saturated rings. The summed E-state index contributed by atoms with van der Waals surface area (Å²) in [7, 11) is 0. The van der Waals surface area contributed by atoms with Crippen molar-refractivity contribution < 1.29 is 9.21 Å². The van der Waals surface area contributed by atoms with E-state index in [2.05, 4.69) is 0 Å². The van der Waals surface area contributed by atoms with Crippen LogP contribution in [0.5, 0.6) is 0 Å². The van der Waals surface area contributed by atoms with Gasteiger partial charge in [-0.3, -0.25) is 4.79 Å². The number of furan rings is 1. The van der Waals surface area contributed by atoms with E-state index in [9.17, 15) is 4.79 Å². The van der Waals surface area contributed by atoms with Crippen LogP contribution in [0.2, 0.25) is 5.22 Å². The van der Waals surface area contributed by atoms with Crippen LogP contribution in [0.4, 0.5) is 0 Å². The summed E-state index contributed by atoms with van der Waals surface area (Å²) in [4.78, 5) is 11.8. The summed E-state index contributed by atoms with van der Waals surface area (Å²) in [6.07, 6.45) is 0.337. The molecule has 0 amide bonds. The molecule has 0 aliphatic heterocycles. The average molecular weight is 235 g/mol. The molecule has 82 valence electrons. The smallest absolute Gasteiger partial charge is 0.202 e. The normalized spacial score (nSPS) is 10.4. The van der Waals surface area contributed by atoms with Gasteiger partial charge in [-0.25, -0.2) is 0 Å². The summed E-state index contributed by atoms with van der Waals surface area (Å²) >= 11 is 5.61. The van der Waals surface area contributed by atoms with Crippen molar-refractivity contribution in [1.29, 1.82) is 0 Å². The van der Waals surface area contributed by atoms with E-state index in [1.54, 1.807) is 12.1 Å². The van der Waals surface area contributed by atoms with Crippen LogP contribution >= 0.6 is 11.6 Å². The number of benzene rings is 1. The molecule has 0 spiro atoms. The Kier molecular flexibility index (Phi) is 3.11. The van der Waals surface area contributed by atoms with Gasteiger partial charge < -0.3 is 4.42 Å². The summed E-state index contributed by atoms with van der Waals surface area (Å²) in [5, 5.41) is 0.243. The number of ketones is 1. The van der Waals surface area contributed by atoms with Gasteiger partial charge >= 0.3 is 0 Å². The first-order valence-electron chi connectivity index (χ1n) is 4.99. The van der Waals surface area contributed by atoms with Gasteiger partial charge in [0.05, 0.1) is 0 Å². The van der Waals surface area contributed by atoms with Gasteiger partial charge in [-0.2, -0.15) is 0 Å². The molecular weight excluding hydrogens is 224 g/mol. The van der Waals surface area contributed by atoms with Crippen molar-refractivity contribution >= 4 is 17.4 Å². The van der Waals surface area contributed by atoms with Crippen molar-refractivity contribution in [3.63, 3.8) is 0 Å². The summed E-state index contributed by atoms with van der Waals surface area (Å²) in [6.45, 7) is 2.01. The average Bonchev–Trinajstić information content (AvgIpc) is 2.68. The Hall–Kier alpha value is -1.54. The number of hydrogen-bond acceptors (Lipinski definition) is 2. The predicted octanol–water partition coefficient (Wildman–Crippen LogP) is 3.67. The largest absolute Gasteiger partial charge is 0.442 e. The molecule has 2 aromatic rings. The lowest BCUT2D eigenvalue weighted by Crippen LogP contribution is -2.01. The molecule has 0 radical (unpaired) electrons. The summed E-state index contributed by atoms with van der Waals surface area (Å²) in [5.41, 5.74) is 2.15. The molecule has 3 heteroatoms. The molecule has 0 unspecified atom stereocenters. The van der Waals surface area contributed by atoms with Crippen LogP contribution in [0, 0.1) is 6.92 Å². The fourth-order valence-corrected chi connectivity index (χ4v) is 1.59. The van der Waals surface area contributed by atoms with E-state index in [0.29, 0.717) is 12.2 Å². The number of halogens is 1. The second-order valence-corrected chi connectivity index (χ2v) is 4.06. The number of carbonyl (C=O) groups excluding carboxylic acids is 1. The molecule has 0 aliphatic carbocycles.